The minimum absolute atomic E-state index is 0.0689. The van der Waals surface area contributed by atoms with Crippen molar-refractivity contribution in [2.24, 2.45) is 0 Å². The van der Waals surface area contributed by atoms with Gasteiger partial charge in [-0.2, -0.15) is 0 Å². The van der Waals surface area contributed by atoms with E-state index in [1.54, 1.807) is 0 Å². The molecule has 0 aliphatic heterocycles. The number of methoxy groups -OCH3 is 1. The number of rotatable bonds is 4. The third-order valence-electron chi connectivity index (χ3n) is 2.75. The molecule has 0 atom stereocenters. The fourth-order valence-electron chi connectivity index (χ4n) is 1.72. The summed E-state index contributed by atoms with van der Waals surface area (Å²) in [4.78, 5) is 12.1. The summed E-state index contributed by atoms with van der Waals surface area (Å²) in [5.74, 6) is -0.454. The molecule has 0 fully saturated rings. The molecule has 2 nitrogen and oxygen atoms in total. The molecule has 19 heavy (non-hydrogen) atoms. The summed E-state index contributed by atoms with van der Waals surface area (Å²) in [6, 6.07) is 11.7. The molecule has 0 saturated heterocycles. The highest BCUT2D eigenvalue weighted by Crippen LogP contribution is 2.20. The fourth-order valence-corrected chi connectivity index (χ4v) is 1.99. The van der Waals surface area contributed by atoms with E-state index in [0.717, 1.165) is 10.0 Å². The molecule has 4 heteroatoms. The first kappa shape index (κ1) is 13.7. The molecular weight excluding hydrogens is 311 g/mol. The van der Waals surface area contributed by atoms with Crippen LogP contribution >= 0.6 is 15.9 Å². The molecule has 0 saturated carbocycles. The van der Waals surface area contributed by atoms with Crippen molar-refractivity contribution in [1.82, 2.24) is 0 Å². The van der Waals surface area contributed by atoms with Crippen molar-refractivity contribution in [2.75, 3.05) is 7.11 Å². The summed E-state index contributed by atoms with van der Waals surface area (Å²) in [5, 5.41) is 0. The first-order valence-electron chi connectivity index (χ1n) is 5.71. The Balaban J connectivity index is 2.18. The molecule has 0 spiro atoms. The van der Waals surface area contributed by atoms with Crippen molar-refractivity contribution in [2.45, 2.75) is 6.42 Å². The first-order valence-corrected chi connectivity index (χ1v) is 6.50. The highest BCUT2D eigenvalue weighted by atomic mass is 79.9. The monoisotopic (exact) mass is 322 g/mol. The van der Waals surface area contributed by atoms with Gasteiger partial charge in [-0.1, -0.05) is 28.1 Å². The minimum Gasteiger partial charge on any atom is -0.494 e. The molecule has 2 aromatic carbocycles. The van der Waals surface area contributed by atoms with Crippen LogP contribution in [0.4, 0.5) is 4.39 Å². The largest absolute Gasteiger partial charge is 0.494 e. The lowest BCUT2D eigenvalue weighted by Crippen LogP contribution is -2.04. The average Bonchev–Trinajstić information content (AvgIpc) is 2.42. The van der Waals surface area contributed by atoms with Crippen molar-refractivity contribution >= 4 is 21.7 Å². The Morgan fingerprint density at radius 1 is 1.21 bits per heavy atom. The van der Waals surface area contributed by atoms with Crippen molar-refractivity contribution in [3.8, 4) is 5.75 Å². The van der Waals surface area contributed by atoms with Crippen LogP contribution in [0.15, 0.2) is 46.9 Å². The summed E-state index contributed by atoms with van der Waals surface area (Å²) < 4.78 is 19.1. The van der Waals surface area contributed by atoms with E-state index in [-0.39, 0.29) is 18.0 Å². The van der Waals surface area contributed by atoms with Gasteiger partial charge in [0.15, 0.2) is 17.3 Å². The van der Waals surface area contributed by atoms with Gasteiger partial charge >= 0.3 is 0 Å². The Kier molecular flexibility index (Phi) is 4.32. The van der Waals surface area contributed by atoms with Gasteiger partial charge in [0, 0.05) is 16.5 Å². The van der Waals surface area contributed by atoms with Crippen LogP contribution in [0.2, 0.25) is 0 Å². The van der Waals surface area contributed by atoms with Gasteiger partial charge in [0.05, 0.1) is 7.11 Å². The van der Waals surface area contributed by atoms with E-state index in [9.17, 15) is 9.18 Å². The van der Waals surface area contributed by atoms with Gasteiger partial charge in [-0.3, -0.25) is 4.79 Å². The van der Waals surface area contributed by atoms with Crippen LogP contribution in [0.1, 0.15) is 15.9 Å². The third-order valence-corrected chi connectivity index (χ3v) is 3.28. The van der Waals surface area contributed by atoms with E-state index < -0.39 is 5.82 Å². The molecule has 0 aliphatic carbocycles. The predicted octanol–water partition coefficient (Wildman–Crippen LogP) is 4.02. The topological polar surface area (TPSA) is 26.3 Å². The highest BCUT2D eigenvalue weighted by molar-refractivity contribution is 9.10. The number of benzene rings is 2. The van der Waals surface area contributed by atoms with Crippen LogP contribution in [0, 0.1) is 5.82 Å². The second kappa shape index (κ2) is 5.97. The number of carbonyl (C=O) groups excluding carboxylic acids is 1. The summed E-state index contributed by atoms with van der Waals surface area (Å²) >= 11 is 3.34. The lowest BCUT2D eigenvalue weighted by Gasteiger charge is -2.05. The number of ketones is 1. The molecule has 0 amide bonds. The number of hydrogen-bond acceptors (Lipinski definition) is 2. The second-order valence-electron chi connectivity index (χ2n) is 4.08. The Morgan fingerprint density at radius 2 is 1.89 bits per heavy atom. The molecule has 0 bridgehead atoms. The maximum Gasteiger partial charge on any atom is 0.167 e. The van der Waals surface area contributed by atoms with E-state index in [0.29, 0.717) is 5.56 Å². The smallest absolute Gasteiger partial charge is 0.167 e. The molecule has 2 aromatic rings. The molecule has 98 valence electrons. The standard InChI is InChI=1S/C15H12BrFO2/c1-19-15-9-11(4-7-13(15)17)14(18)8-10-2-5-12(16)6-3-10/h2-7,9H,8H2,1H3. The first-order chi connectivity index (χ1) is 9.10. The Morgan fingerprint density at radius 3 is 2.53 bits per heavy atom. The number of halogens is 2. The van der Waals surface area contributed by atoms with Crippen LogP contribution in [-0.2, 0) is 6.42 Å². The summed E-state index contributed by atoms with van der Waals surface area (Å²) in [7, 11) is 1.38. The van der Waals surface area contributed by atoms with Crippen LogP contribution < -0.4 is 4.74 Å². The van der Waals surface area contributed by atoms with E-state index in [1.165, 1.54) is 25.3 Å². The van der Waals surface area contributed by atoms with Gasteiger partial charge in [-0.15, -0.1) is 0 Å². The van der Waals surface area contributed by atoms with Gasteiger partial charge in [-0.25, -0.2) is 4.39 Å². The van der Waals surface area contributed by atoms with Crippen LogP contribution in [0.3, 0.4) is 0 Å². The van der Waals surface area contributed by atoms with E-state index in [1.807, 2.05) is 24.3 Å². The SMILES string of the molecule is COc1cc(C(=O)Cc2ccc(Br)cc2)ccc1F. The maximum atomic E-state index is 13.3. The minimum atomic E-state index is -0.470. The normalized spacial score (nSPS) is 10.3. The Hall–Kier alpha value is -1.68. The van der Waals surface area contributed by atoms with Gasteiger partial charge in [-0.05, 0) is 35.9 Å². The second-order valence-corrected chi connectivity index (χ2v) is 4.99. The van der Waals surface area contributed by atoms with Crippen LogP contribution in [0.5, 0.6) is 5.75 Å². The number of ether oxygens (including phenoxy) is 1. The van der Waals surface area contributed by atoms with E-state index in [2.05, 4.69) is 15.9 Å². The number of hydrogen-bond donors (Lipinski definition) is 0. The molecule has 0 aliphatic rings. The summed E-state index contributed by atoms with van der Waals surface area (Å²) in [6.45, 7) is 0. The van der Waals surface area contributed by atoms with E-state index >= 15 is 0 Å². The lowest BCUT2D eigenvalue weighted by molar-refractivity contribution is 0.0992. The van der Waals surface area contributed by atoms with Gasteiger partial charge in [0.2, 0.25) is 0 Å². The zero-order valence-corrected chi connectivity index (χ0v) is 11.9. The van der Waals surface area contributed by atoms with Crippen molar-refractivity contribution < 1.29 is 13.9 Å². The van der Waals surface area contributed by atoms with Crippen LogP contribution in [0.25, 0.3) is 0 Å². The van der Waals surface area contributed by atoms with E-state index in [4.69, 9.17) is 4.74 Å². The fraction of sp³-hybridized carbons (Fsp3) is 0.133. The Bertz CT molecular complexity index is 594. The Labute approximate surface area is 119 Å². The molecule has 0 radical (unpaired) electrons. The number of Topliss-reactive ketones (excluding diaryl/α,β-unsaturated/α-hetero) is 1. The molecule has 0 unspecified atom stereocenters. The van der Waals surface area contributed by atoms with Crippen LogP contribution in [-0.4, -0.2) is 12.9 Å². The summed E-state index contributed by atoms with van der Waals surface area (Å²) in [6.07, 6.45) is 0.280. The highest BCUT2D eigenvalue weighted by Gasteiger charge is 2.10. The molecule has 0 heterocycles. The van der Waals surface area contributed by atoms with Crippen molar-refractivity contribution in [3.63, 3.8) is 0 Å². The third kappa shape index (κ3) is 3.41. The van der Waals surface area contributed by atoms with Crippen molar-refractivity contribution in [3.05, 3.63) is 63.9 Å². The lowest BCUT2D eigenvalue weighted by atomic mass is 10.0. The maximum absolute atomic E-state index is 13.3. The quantitative estimate of drug-likeness (QED) is 0.795. The van der Waals surface area contributed by atoms with Crippen molar-refractivity contribution in [1.29, 1.82) is 0 Å². The molecular formula is C15H12BrFO2. The van der Waals surface area contributed by atoms with Gasteiger partial charge in [0.25, 0.3) is 0 Å². The predicted molar refractivity (Wildman–Crippen MR) is 75.1 cm³/mol. The molecule has 0 aromatic heterocycles. The molecule has 0 N–H and O–H groups in total. The average molecular weight is 323 g/mol. The zero-order chi connectivity index (χ0) is 13.8. The summed E-state index contributed by atoms with van der Waals surface area (Å²) in [5.41, 5.74) is 1.36. The number of carbonyl (C=O) groups is 1. The molecule has 2 rings (SSSR count). The van der Waals surface area contributed by atoms with Gasteiger partial charge in [0.1, 0.15) is 0 Å². The van der Waals surface area contributed by atoms with Gasteiger partial charge < -0.3 is 4.74 Å². The zero-order valence-electron chi connectivity index (χ0n) is 10.3.